The Balaban J connectivity index is 1.54. The van der Waals surface area contributed by atoms with E-state index in [1.54, 1.807) is 16.8 Å². The second-order valence-corrected chi connectivity index (χ2v) is 5.91. The molecule has 2 heterocycles. The van der Waals surface area contributed by atoms with Crippen LogP contribution < -0.4 is 4.74 Å². The minimum atomic E-state index is -0.902. The highest BCUT2D eigenvalue weighted by Gasteiger charge is 2.37. The number of hydrogen-bond donors (Lipinski definition) is 1. The number of nitrogens with zero attached hydrogens (tertiary/aromatic N) is 3. The van der Waals surface area contributed by atoms with Crippen molar-refractivity contribution < 1.29 is 14.2 Å². The highest BCUT2D eigenvalue weighted by atomic mass is 19.1. The summed E-state index contributed by atoms with van der Waals surface area (Å²) in [4.78, 5) is 2.15. The van der Waals surface area contributed by atoms with Gasteiger partial charge < -0.3 is 9.84 Å². The van der Waals surface area contributed by atoms with Gasteiger partial charge in [-0.2, -0.15) is 5.10 Å². The summed E-state index contributed by atoms with van der Waals surface area (Å²) in [5, 5.41) is 14.9. The molecule has 1 fully saturated rings. The molecule has 1 aliphatic heterocycles. The quantitative estimate of drug-likeness (QED) is 0.911. The summed E-state index contributed by atoms with van der Waals surface area (Å²) in [5.41, 5.74) is 0.0824. The maximum Gasteiger partial charge on any atom is 0.126 e. The van der Waals surface area contributed by atoms with Crippen LogP contribution in [0.4, 0.5) is 4.39 Å². The van der Waals surface area contributed by atoms with Crippen LogP contribution in [0.5, 0.6) is 5.75 Å². The number of likely N-dealkylation sites (tertiary alicyclic amines) is 1. The van der Waals surface area contributed by atoms with Crippen molar-refractivity contribution in [2.75, 3.05) is 19.7 Å². The van der Waals surface area contributed by atoms with E-state index in [0.717, 1.165) is 12.2 Å². The summed E-state index contributed by atoms with van der Waals surface area (Å²) in [6.07, 6.45) is 2.54. The molecule has 2 aromatic rings. The maximum absolute atomic E-state index is 13.1. The number of benzene rings is 1. The predicted octanol–water partition coefficient (Wildman–Crippen LogP) is 1.58. The third kappa shape index (κ3) is 3.64. The van der Waals surface area contributed by atoms with Crippen LogP contribution in [0.25, 0.3) is 0 Å². The van der Waals surface area contributed by atoms with Crippen molar-refractivity contribution >= 4 is 0 Å². The minimum absolute atomic E-state index is 0.162. The molecule has 0 amide bonds. The van der Waals surface area contributed by atoms with Crippen LogP contribution in [0, 0.1) is 5.82 Å². The molecule has 0 saturated carbocycles. The summed E-state index contributed by atoms with van der Waals surface area (Å²) in [5.74, 6) is 0.101. The normalized spacial score (nSPS) is 22.1. The second kappa shape index (κ2) is 6.06. The molecule has 0 bridgehead atoms. The van der Waals surface area contributed by atoms with E-state index in [1.165, 1.54) is 12.1 Å². The lowest BCUT2D eigenvalue weighted by molar-refractivity contribution is 0.00320. The first kappa shape index (κ1) is 15.0. The standard InChI is InChI=1S/C16H20FN3O2/c1-19-7-5-14(18-19)10-20-8-6-16(21,11-20)12-22-15-4-2-3-13(17)9-15/h2-5,7,9,21H,6,8,10-12H2,1H3/t16-/m1/s1. The molecule has 0 spiro atoms. The van der Waals surface area contributed by atoms with Gasteiger partial charge in [0.2, 0.25) is 0 Å². The Hall–Kier alpha value is -1.92. The molecule has 22 heavy (non-hydrogen) atoms. The minimum Gasteiger partial charge on any atom is -0.490 e. The summed E-state index contributed by atoms with van der Waals surface area (Å²) < 4.78 is 20.4. The summed E-state index contributed by atoms with van der Waals surface area (Å²) in [6.45, 7) is 2.19. The van der Waals surface area contributed by atoms with E-state index in [9.17, 15) is 9.50 Å². The molecule has 0 unspecified atom stereocenters. The largest absolute Gasteiger partial charge is 0.490 e. The molecule has 1 N–H and O–H groups in total. The second-order valence-electron chi connectivity index (χ2n) is 5.91. The number of aromatic nitrogens is 2. The molecular weight excluding hydrogens is 285 g/mol. The number of β-amino-alcohol motifs (C(OH)–C–C–N with tert-alkyl or cyclic N) is 1. The van der Waals surface area contributed by atoms with E-state index >= 15 is 0 Å². The Labute approximate surface area is 128 Å². The Morgan fingerprint density at radius 1 is 1.41 bits per heavy atom. The Bertz CT molecular complexity index is 646. The first-order chi connectivity index (χ1) is 10.5. The fourth-order valence-electron chi connectivity index (χ4n) is 2.74. The molecule has 6 heteroatoms. The predicted molar refractivity (Wildman–Crippen MR) is 79.9 cm³/mol. The molecular formula is C16H20FN3O2. The maximum atomic E-state index is 13.1. The van der Waals surface area contributed by atoms with Crippen molar-refractivity contribution in [2.45, 2.75) is 18.6 Å². The van der Waals surface area contributed by atoms with Crippen molar-refractivity contribution in [1.82, 2.24) is 14.7 Å². The van der Waals surface area contributed by atoms with Gasteiger partial charge in [0.1, 0.15) is 23.8 Å². The lowest BCUT2D eigenvalue weighted by atomic mass is 10.1. The van der Waals surface area contributed by atoms with Crippen LogP contribution in [0.2, 0.25) is 0 Å². The summed E-state index contributed by atoms with van der Waals surface area (Å²) in [7, 11) is 1.89. The lowest BCUT2D eigenvalue weighted by Crippen LogP contribution is -2.39. The highest BCUT2D eigenvalue weighted by molar-refractivity contribution is 5.22. The van der Waals surface area contributed by atoms with E-state index in [-0.39, 0.29) is 12.4 Å². The van der Waals surface area contributed by atoms with Crippen LogP contribution in [0.1, 0.15) is 12.1 Å². The molecule has 1 atom stereocenters. The van der Waals surface area contributed by atoms with Crippen LogP contribution in [-0.2, 0) is 13.6 Å². The van der Waals surface area contributed by atoms with Crippen molar-refractivity contribution in [3.8, 4) is 5.75 Å². The zero-order chi connectivity index (χ0) is 15.6. The zero-order valence-corrected chi connectivity index (χ0v) is 12.6. The average Bonchev–Trinajstić information content (AvgIpc) is 3.04. The third-order valence-electron chi connectivity index (χ3n) is 3.87. The van der Waals surface area contributed by atoms with Gasteiger partial charge in [0.15, 0.2) is 0 Å². The van der Waals surface area contributed by atoms with Crippen LogP contribution in [0.15, 0.2) is 36.5 Å². The number of hydrogen-bond acceptors (Lipinski definition) is 4. The van der Waals surface area contributed by atoms with Gasteiger partial charge in [0.25, 0.3) is 0 Å². The average molecular weight is 305 g/mol. The zero-order valence-electron chi connectivity index (χ0n) is 12.6. The fourth-order valence-corrected chi connectivity index (χ4v) is 2.74. The van der Waals surface area contributed by atoms with Crippen molar-refractivity contribution in [3.63, 3.8) is 0 Å². The Morgan fingerprint density at radius 3 is 3.00 bits per heavy atom. The molecule has 1 aromatic carbocycles. The smallest absolute Gasteiger partial charge is 0.126 e. The monoisotopic (exact) mass is 305 g/mol. The number of ether oxygens (including phenoxy) is 1. The molecule has 1 aliphatic rings. The number of rotatable bonds is 5. The first-order valence-electron chi connectivity index (χ1n) is 7.34. The van der Waals surface area contributed by atoms with Gasteiger partial charge in [-0.1, -0.05) is 6.07 Å². The molecule has 118 valence electrons. The Kier molecular flexibility index (Phi) is 4.13. The van der Waals surface area contributed by atoms with E-state index in [1.807, 2.05) is 19.3 Å². The third-order valence-corrected chi connectivity index (χ3v) is 3.87. The molecule has 0 aliphatic carbocycles. The van der Waals surface area contributed by atoms with Gasteiger partial charge in [-0.05, 0) is 24.6 Å². The molecule has 1 aromatic heterocycles. The van der Waals surface area contributed by atoms with E-state index in [2.05, 4.69) is 10.00 Å². The van der Waals surface area contributed by atoms with Crippen LogP contribution in [-0.4, -0.2) is 45.1 Å². The topological polar surface area (TPSA) is 50.5 Å². The summed E-state index contributed by atoms with van der Waals surface area (Å²) >= 11 is 0. The van der Waals surface area contributed by atoms with E-state index in [0.29, 0.717) is 25.3 Å². The molecule has 0 radical (unpaired) electrons. The van der Waals surface area contributed by atoms with Gasteiger partial charge in [0, 0.05) is 38.9 Å². The molecule has 1 saturated heterocycles. The number of aryl methyl sites for hydroxylation is 1. The molecule has 3 rings (SSSR count). The van der Waals surface area contributed by atoms with Crippen molar-refractivity contribution in [3.05, 3.63) is 48.0 Å². The summed E-state index contributed by atoms with van der Waals surface area (Å²) in [6, 6.07) is 7.94. The van der Waals surface area contributed by atoms with Gasteiger partial charge in [0.05, 0.1) is 5.69 Å². The van der Waals surface area contributed by atoms with Crippen LogP contribution >= 0.6 is 0 Å². The number of aliphatic hydroxyl groups is 1. The Morgan fingerprint density at radius 2 is 2.27 bits per heavy atom. The van der Waals surface area contributed by atoms with E-state index < -0.39 is 5.60 Å². The lowest BCUT2D eigenvalue weighted by Gasteiger charge is -2.23. The SMILES string of the molecule is Cn1ccc(CN2CC[C@](O)(COc3cccc(F)c3)C2)n1. The van der Waals surface area contributed by atoms with Crippen LogP contribution in [0.3, 0.4) is 0 Å². The molecule has 5 nitrogen and oxygen atoms in total. The van der Waals surface area contributed by atoms with Gasteiger partial charge in [-0.15, -0.1) is 0 Å². The van der Waals surface area contributed by atoms with Crippen molar-refractivity contribution in [1.29, 1.82) is 0 Å². The number of halogens is 1. The van der Waals surface area contributed by atoms with Gasteiger partial charge >= 0.3 is 0 Å². The fraction of sp³-hybridized carbons (Fsp3) is 0.438. The van der Waals surface area contributed by atoms with Crippen molar-refractivity contribution in [2.24, 2.45) is 7.05 Å². The highest BCUT2D eigenvalue weighted by Crippen LogP contribution is 2.24. The van der Waals surface area contributed by atoms with Gasteiger partial charge in [-0.3, -0.25) is 9.58 Å². The van der Waals surface area contributed by atoms with E-state index in [4.69, 9.17) is 4.74 Å². The first-order valence-corrected chi connectivity index (χ1v) is 7.34. The van der Waals surface area contributed by atoms with Gasteiger partial charge in [-0.25, -0.2) is 4.39 Å².